The average molecular weight is 389 g/mol. The Morgan fingerprint density at radius 1 is 1.04 bits per heavy atom. The summed E-state index contributed by atoms with van der Waals surface area (Å²) >= 11 is 1.83. The molecule has 1 nitrogen and oxygen atoms in total. The van der Waals surface area contributed by atoms with Gasteiger partial charge in [-0.15, -0.1) is 11.8 Å². The van der Waals surface area contributed by atoms with Crippen molar-refractivity contribution in [2.75, 3.05) is 19.5 Å². The van der Waals surface area contributed by atoms with Crippen LogP contribution < -0.4 is 0 Å². The Balaban J connectivity index is 2.25. The number of thioether (sulfide) groups is 1. The average Bonchev–Trinajstić information content (AvgIpc) is 2.74. The summed E-state index contributed by atoms with van der Waals surface area (Å²) in [5.41, 5.74) is 3.28. The number of unbranched alkanes of at least 4 members (excludes halogenated alkanes) is 2. The van der Waals surface area contributed by atoms with Crippen molar-refractivity contribution in [3.05, 3.63) is 77.4 Å². The number of rotatable bonds is 8. The lowest BCUT2D eigenvalue weighted by Gasteiger charge is -2.09. The predicted octanol–water partition coefficient (Wildman–Crippen LogP) is 6.06. The molecule has 0 spiro atoms. The van der Waals surface area contributed by atoms with Crippen molar-refractivity contribution in [3.63, 3.8) is 0 Å². The van der Waals surface area contributed by atoms with Crippen LogP contribution in [0.15, 0.2) is 66.2 Å². The summed E-state index contributed by atoms with van der Waals surface area (Å²) in [5, 5.41) is 0.0666. The van der Waals surface area contributed by atoms with E-state index in [-0.39, 0.29) is 5.25 Å². The summed E-state index contributed by atoms with van der Waals surface area (Å²) in [6, 6.07) is 20.5. The normalized spacial score (nSPS) is 11.7. The second-order valence-corrected chi connectivity index (χ2v) is 7.61. The van der Waals surface area contributed by atoms with E-state index >= 15 is 0 Å². The molecule has 0 bridgehead atoms. The first kappa shape index (κ1) is 21.9. The van der Waals surface area contributed by atoms with E-state index in [1.165, 1.54) is 0 Å². The molecular formula is C26H28OS. The summed E-state index contributed by atoms with van der Waals surface area (Å²) in [7, 11) is 1.74. The Morgan fingerprint density at radius 3 is 2.43 bits per heavy atom. The van der Waals surface area contributed by atoms with E-state index in [4.69, 9.17) is 4.74 Å². The maximum atomic E-state index is 5.11. The van der Waals surface area contributed by atoms with E-state index in [0.717, 1.165) is 48.3 Å². The van der Waals surface area contributed by atoms with Crippen LogP contribution in [0.5, 0.6) is 0 Å². The molecule has 0 N–H and O–H groups in total. The molecule has 144 valence electrons. The van der Waals surface area contributed by atoms with Crippen LogP contribution >= 0.6 is 11.8 Å². The molecule has 28 heavy (non-hydrogen) atoms. The lowest BCUT2D eigenvalue weighted by atomic mass is 10.1. The summed E-state index contributed by atoms with van der Waals surface area (Å²) in [6.07, 6.45) is 5.16. The van der Waals surface area contributed by atoms with Gasteiger partial charge in [0.2, 0.25) is 0 Å². The van der Waals surface area contributed by atoms with Gasteiger partial charge in [-0.3, -0.25) is 0 Å². The maximum Gasteiger partial charge on any atom is 0.0987 e. The molecule has 0 radical (unpaired) electrons. The molecule has 1 unspecified atom stereocenters. The van der Waals surface area contributed by atoms with Crippen molar-refractivity contribution < 1.29 is 4.74 Å². The Labute approximate surface area is 174 Å². The van der Waals surface area contributed by atoms with Crippen molar-refractivity contribution in [1.82, 2.24) is 0 Å². The van der Waals surface area contributed by atoms with Gasteiger partial charge >= 0.3 is 0 Å². The molecule has 0 saturated heterocycles. The summed E-state index contributed by atoms with van der Waals surface area (Å²) in [5.74, 6) is 14.5. The maximum absolute atomic E-state index is 5.11. The van der Waals surface area contributed by atoms with E-state index in [1.807, 2.05) is 48.2 Å². The lowest BCUT2D eigenvalue weighted by molar-refractivity contribution is 0.193. The van der Waals surface area contributed by atoms with Gasteiger partial charge < -0.3 is 4.74 Å². The zero-order chi connectivity index (χ0) is 19.9. The minimum absolute atomic E-state index is 0.0666. The molecule has 2 rings (SSSR count). The van der Waals surface area contributed by atoms with Gasteiger partial charge in [0.05, 0.1) is 5.25 Å². The number of hydrogen-bond donors (Lipinski definition) is 0. The highest BCUT2D eigenvalue weighted by Crippen LogP contribution is 2.21. The van der Waals surface area contributed by atoms with E-state index in [1.54, 1.807) is 7.11 Å². The molecule has 0 aliphatic rings. The molecule has 0 aliphatic carbocycles. The largest absolute Gasteiger partial charge is 0.385 e. The van der Waals surface area contributed by atoms with E-state index in [9.17, 15) is 0 Å². The molecule has 0 aromatic heterocycles. The minimum Gasteiger partial charge on any atom is -0.385 e. The Bertz CT molecular complexity index is 832. The standard InChI is InChI=1S/C26H28OS/c1-3-28-26(20-19-23-14-8-6-9-15-23)25(18-12-4-5-13-21-27-2)22-24-16-10-7-11-17-24/h6-11,14-17,22,26H,3-5,13,21H2,1-2H3/b25-22+. The second kappa shape index (κ2) is 13.7. The second-order valence-electron chi connectivity index (χ2n) is 6.23. The van der Waals surface area contributed by atoms with Gasteiger partial charge in [0, 0.05) is 31.3 Å². The third-order valence-corrected chi connectivity index (χ3v) is 5.03. The van der Waals surface area contributed by atoms with Gasteiger partial charge in [0.15, 0.2) is 0 Å². The summed E-state index contributed by atoms with van der Waals surface area (Å²) in [6.45, 7) is 2.96. The van der Waals surface area contributed by atoms with Crippen molar-refractivity contribution in [2.24, 2.45) is 0 Å². The highest BCUT2D eigenvalue weighted by atomic mass is 32.2. The van der Waals surface area contributed by atoms with Gasteiger partial charge in [-0.25, -0.2) is 0 Å². The zero-order valence-corrected chi connectivity index (χ0v) is 17.6. The highest BCUT2D eigenvalue weighted by molar-refractivity contribution is 8.00. The molecular weight excluding hydrogens is 360 g/mol. The van der Waals surface area contributed by atoms with E-state index in [0.29, 0.717) is 0 Å². The predicted molar refractivity (Wildman–Crippen MR) is 123 cm³/mol. The number of ether oxygens (including phenoxy) is 1. The fourth-order valence-electron chi connectivity index (χ4n) is 2.58. The van der Waals surface area contributed by atoms with Crippen LogP contribution in [0.1, 0.15) is 37.3 Å². The third kappa shape index (κ3) is 8.53. The monoisotopic (exact) mass is 388 g/mol. The SMILES string of the molecule is CCSC(C#Cc1ccccc1)/C(C#CCCCCOC)=C/c1ccccc1. The van der Waals surface area contributed by atoms with Crippen LogP contribution in [-0.4, -0.2) is 24.7 Å². The molecule has 1 atom stereocenters. The van der Waals surface area contributed by atoms with Gasteiger partial charge in [-0.1, -0.05) is 79.1 Å². The van der Waals surface area contributed by atoms with Crippen LogP contribution in [0.4, 0.5) is 0 Å². The summed E-state index contributed by atoms with van der Waals surface area (Å²) < 4.78 is 5.11. The fraction of sp³-hybridized carbons (Fsp3) is 0.308. The quantitative estimate of drug-likeness (QED) is 0.401. The first-order valence-corrected chi connectivity index (χ1v) is 10.8. The van der Waals surface area contributed by atoms with Gasteiger partial charge in [0.1, 0.15) is 0 Å². The summed E-state index contributed by atoms with van der Waals surface area (Å²) in [4.78, 5) is 0. The van der Waals surface area contributed by atoms with Crippen LogP contribution in [0, 0.1) is 23.7 Å². The molecule has 2 aromatic carbocycles. The van der Waals surface area contributed by atoms with Gasteiger partial charge in [-0.05, 0) is 42.4 Å². The van der Waals surface area contributed by atoms with Crippen LogP contribution in [-0.2, 0) is 4.74 Å². The van der Waals surface area contributed by atoms with Crippen molar-refractivity contribution in [1.29, 1.82) is 0 Å². The molecule has 2 heteroatoms. The Morgan fingerprint density at radius 2 is 1.75 bits per heavy atom. The molecule has 0 heterocycles. The number of hydrogen-bond acceptors (Lipinski definition) is 2. The topological polar surface area (TPSA) is 9.23 Å². The smallest absolute Gasteiger partial charge is 0.0987 e. The molecule has 0 aliphatic heterocycles. The molecule has 0 fully saturated rings. The van der Waals surface area contributed by atoms with E-state index < -0.39 is 0 Å². The van der Waals surface area contributed by atoms with Gasteiger partial charge in [0.25, 0.3) is 0 Å². The fourth-order valence-corrected chi connectivity index (χ4v) is 3.36. The lowest BCUT2D eigenvalue weighted by Crippen LogP contribution is -2.03. The Kier molecular flexibility index (Phi) is 10.7. The Hall–Kier alpha value is -2.39. The van der Waals surface area contributed by atoms with Crippen molar-refractivity contribution >= 4 is 17.8 Å². The van der Waals surface area contributed by atoms with E-state index in [2.05, 4.69) is 60.9 Å². The number of benzene rings is 2. The first-order chi connectivity index (χ1) is 13.8. The highest BCUT2D eigenvalue weighted by Gasteiger charge is 2.10. The third-order valence-electron chi connectivity index (χ3n) is 3.99. The molecule has 2 aromatic rings. The van der Waals surface area contributed by atoms with Crippen molar-refractivity contribution in [2.45, 2.75) is 31.4 Å². The molecule has 0 saturated carbocycles. The number of methoxy groups -OCH3 is 1. The van der Waals surface area contributed by atoms with Crippen LogP contribution in [0.2, 0.25) is 0 Å². The minimum atomic E-state index is 0.0666. The van der Waals surface area contributed by atoms with Crippen LogP contribution in [0.25, 0.3) is 6.08 Å². The first-order valence-electron chi connectivity index (χ1n) is 9.76. The van der Waals surface area contributed by atoms with Gasteiger partial charge in [-0.2, -0.15) is 0 Å². The molecule has 0 amide bonds. The zero-order valence-electron chi connectivity index (χ0n) is 16.8. The van der Waals surface area contributed by atoms with Crippen molar-refractivity contribution in [3.8, 4) is 23.7 Å². The van der Waals surface area contributed by atoms with Crippen LogP contribution in [0.3, 0.4) is 0 Å².